The van der Waals surface area contributed by atoms with Gasteiger partial charge in [0.25, 0.3) is 0 Å². The third kappa shape index (κ3) is 4.40. The van der Waals surface area contributed by atoms with E-state index in [-0.39, 0.29) is 17.0 Å². The lowest BCUT2D eigenvalue weighted by Gasteiger charge is -2.12. The first-order chi connectivity index (χ1) is 11.1. The molecule has 24 heavy (non-hydrogen) atoms. The van der Waals surface area contributed by atoms with Crippen molar-refractivity contribution < 1.29 is 26.3 Å². The van der Waals surface area contributed by atoms with Gasteiger partial charge in [0.15, 0.2) is 0 Å². The van der Waals surface area contributed by atoms with Crippen LogP contribution >= 0.6 is 11.6 Å². The highest BCUT2D eigenvalue weighted by Gasteiger charge is 2.33. The number of sulfonamides is 1. The normalized spacial score (nSPS) is 12.2. The Balaban J connectivity index is 2.17. The lowest BCUT2D eigenvalue weighted by molar-refractivity contribution is -0.137. The number of nitrogens with one attached hydrogen (secondary N) is 1. The van der Waals surface area contributed by atoms with E-state index in [2.05, 4.69) is 4.72 Å². The maximum Gasteiger partial charge on any atom is 0.417 e. The molecule has 2 aromatic carbocycles. The summed E-state index contributed by atoms with van der Waals surface area (Å²) in [4.78, 5) is -0.0201. The second-order valence-corrected chi connectivity index (χ2v) is 6.99. The van der Waals surface area contributed by atoms with Gasteiger partial charge in [-0.05, 0) is 42.0 Å². The van der Waals surface area contributed by atoms with Gasteiger partial charge in [-0.15, -0.1) is 0 Å². The molecule has 0 saturated carbocycles. The van der Waals surface area contributed by atoms with Crippen molar-refractivity contribution in [1.82, 2.24) is 4.72 Å². The molecule has 0 saturated heterocycles. The van der Waals surface area contributed by atoms with Crippen molar-refractivity contribution in [2.24, 2.45) is 0 Å². The van der Waals surface area contributed by atoms with Crippen LogP contribution in [0, 0.1) is 0 Å². The molecule has 9 heteroatoms. The average molecular weight is 380 g/mol. The van der Waals surface area contributed by atoms with E-state index in [9.17, 15) is 21.6 Å². The molecule has 0 fully saturated rings. The fraction of sp³-hybridized carbons (Fsp3) is 0.200. The van der Waals surface area contributed by atoms with Crippen LogP contribution in [0.3, 0.4) is 0 Å². The molecule has 0 aliphatic carbocycles. The van der Waals surface area contributed by atoms with E-state index in [1.165, 1.54) is 37.4 Å². The second kappa shape index (κ2) is 7.00. The molecular formula is C15H13ClF3NO3S. The summed E-state index contributed by atoms with van der Waals surface area (Å²) in [7, 11) is -2.42. The van der Waals surface area contributed by atoms with E-state index in [1.807, 2.05) is 0 Å². The minimum absolute atomic E-state index is 0.0201. The zero-order valence-electron chi connectivity index (χ0n) is 12.4. The fourth-order valence-electron chi connectivity index (χ4n) is 1.92. The van der Waals surface area contributed by atoms with Crippen molar-refractivity contribution in [3.63, 3.8) is 0 Å². The smallest absolute Gasteiger partial charge is 0.417 e. The van der Waals surface area contributed by atoms with Gasteiger partial charge in [0.05, 0.1) is 22.6 Å². The summed E-state index contributed by atoms with van der Waals surface area (Å²) in [6.45, 7) is -0.297. The van der Waals surface area contributed by atoms with Gasteiger partial charge in [-0.1, -0.05) is 17.7 Å². The van der Waals surface area contributed by atoms with E-state index < -0.39 is 26.8 Å². The lowest BCUT2D eigenvalue weighted by atomic mass is 10.1. The zero-order valence-corrected chi connectivity index (χ0v) is 14.0. The number of alkyl halides is 3. The predicted molar refractivity (Wildman–Crippen MR) is 83.5 cm³/mol. The van der Waals surface area contributed by atoms with Crippen LogP contribution in [0.1, 0.15) is 11.1 Å². The molecule has 2 aromatic rings. The van der Waals surface area contributed by atoms with Crippen molar-refractivity contribution in [3.8, 4) is 5.75 Å². The SMILES string of the molecule is COc1ccc(S(=O)(=O)NCc2ccc(Cl)c(C(F)(F)F)c2)cc1. The molecule has 0 spiro atoms. The van der Waals surface area contributed by atoms with Crippen LogP contribution in [-0.2, 0) is 22.7 Å². The molecule has 1 N–H and O–H groups in total. The highest BCUT2D eigenvalue weighted by molar-refractivity contribution is 7.89. The maximum absolute atomic E-state index is 12.8. The molecule has 0 amide bonds. The van der Waals surface area contributed by atoms with Gasteiger partial charge < -0.3 is 4.74 Å². The Bertz CT molecular complexity index is 821. The van der Waals surface area contributed by atoms with E-state index in [4.69, 9.17) is 16.3 Å². The Hall–Kier alpha value is -1.77. The molecule has 0 bridgehead atoms. The third-order valence-electron chi connectivity index (χ3n) is 3.17. The minimum atomic E-state index is -4.61. The monoisotopic (exact) mass is 379 g/mol. The molecule has 0 aliphatic heterocycles. The quantitative estimate of drug-likeness (QED) is 0.858. The van der Waals surface area contributed by atoms with Crippen molar-refractivity contribution in [1.29, 1.82) is 0 Å². The lowest BCUT2D eigenvalue weighted by Crippen LogP contribution is -2.23. The summed E-state index contributed by atoms with van der Waals surface area (Å²) in [6, 6.07) is 8.85. The molecule has 0 aromatic heterocycles. The molecule has 130 valence electrons. The molecule has 0 heterocycles. The first kappa shape index (κ1) is 18.6. The van der Waals surface area contributed by atoms with Gasteiger partial charge in [-0.3, -0.25) is 0 Å². The molecule has 0 aliphatic rings. The zero-order chi connectivity index (χ0) is 18.0. The number of benzene rings is 2. The van der Waals surface area contributed by atoms with Crippen molar-refractivity contribution >= 4 is 21.6 Å². The third-order valence-corrected chi connectivity index (χ3v) is 4.92. The van der Waals surface area contributed by atoms with Crippen LogP contribution in [0.4, 0.5) is 13.2 Å². The van der Waals surface area contributed by atoms with E-state index >= 15 is 0 Å². The summed E-state index contributed by atoms with van der Waals surface area (Å²) >= 11 is 5.52. The summed E-state index contributed by atoms with van der Waals surface area (Å²) < 4.78 is 69.9. The Labute approximate surface area is 142 Å². The number of methoxy groups -OCH3 is 1. The number of ether oxygens (including phenoxy) is 1. The molecule has 0 unspecified atom stereocenters. The van der Waals surface area contributed by atoms with Crippen LogP contribution in [0.25, 0.3) is 0 Å². The van der Waals surface area contributed by atoms with Crippen molar-refractivity contribution in [2.45, 2.75) is 17.6 Å². The second-order valence-electron chi connectivity index (χ2n) is 4.81. The predicted octanol–water partition coefficient (Wildman–Crippen LogP) is 3.85. The molecule has 0 radical (unpaired) electrons. The van der Waals surface area contributed by atoms with E-state index in [1.54, 1.807) is 0 Å². The van der Waals surface area contributed by atoms with Gasteiger partial charge in [-0.25, -0.2) is 13.1 Å². The van der Waals surface area contributed by atoms with Gasteiger partial charge in [0.1, 0.15) is 5.75 Å². The molecule has 4 nitrogen and oxygen atoms in total. The van der Waals surface area contributed by atoms with Gasteiger partial charge in [-0.2, -0.15) is 13.2 Å². The van der Waals surface area contributed by atoms with Crippen LogP contribution < -0.4 is 9.46 Å². The minimum Gasteiger partial charge on any atom is -0.497 e. The number of halogens is 4. The summed E-state index contributed by atoms with van der Waals surface area (Å²) in [5.41, 5.74) is -0.867. The topological polar surface area (TPSA) is 55.4 Å². The Morgan fingerprint density at radius 2 is 1.75 bits per heavy atom. The summed E-state index contributed by atoms with van der Waals surface area (Å²) in [6.07, 6.45) is -4.61. The van der Waals surface area contributed by atoms with Gasteiger partial charge in [0, 0.05) is 6.54 Å². The van der Waals surface area contributed by atoms with Crippen molar-refractivity contribution in [3.05, 3.63) is 58.6 Å². The standard InChI is InChI=1S/C15H13ClF3NO3S/c1-23-11-3-5-12(6-4-11)24(21,22)20-9-10-2-7-14(16)13(8-10)15(17,18)19/h2-8,20H,9H2,1H3. The van der Waals surface area contributed by atoms with E-state index in [0.717, 1.165) is 12.1 Å². The number of rotatable bonds is 5. The Morgan fingerprint density at radius 3 is 2.29 bits per heavy atom. The fourth-order valence-corrected chi connectivity index (χ4v) is 3.16. The van der Waals surface area contributed by atoms with Crippen LogP contribution in [0.2, 0.25) is 5.02 Å². The van der Waals surface area contributed by atoms with Gasteiger partial charge >= 0.3 is 6.18 Å². The number of hydrogen-bond acceptors (Lipinski definition) is 3. The van der Waals surface area contributed by atoms with Crippen LogP contribution in [0.5, 0.6) is 5.75 Å². The number of hydrogen-bond donors (Lipinski definition) is 1. The van der Waals surface area contributed by atoms with Gasteiger partial charge in [0.2, 0.25) is 10.0 Å². The van der Waals surface area contributed by atoms with Crippen molar-refractivity contribution in [2.75, 3.05) is 7.11 Å². The molecular weight excluding hydrogens is 367 g/mol. The molecule has 0 atom stereocenters. The highest BCUT2D eigenvalue weighted by Crippen LogP contribution is 2.35. The maximum atomic E-state index is 12.8. The molecule has 2 rings (SSSR count). The Kier molecular flexibility index (Phi) is 5.42. The summed E-state index contributed by atoms with van der Waals surface area (Å²) in [5.74, 6) is 0.487. The first-order valence-corrected chi connectivity index (χ1v) is 8.49. The van der Waals surface area contributed by atoms with E-state index in [0.29, 0.717) is 5.75 Å². The first-order valence-electron chi connectivity index (χ1n) is 6.63. The largest absolute Gasteiger partial charge is 0.497 e. The van der Waals surface area contributed by atoms with Crippen LogP contribution in [0.15, 0.2) is 47.4 Å². The summed E-state index contributed by atoms with van der Waals surface area (Å²) in [5, 5.41) is -0.440. The highest BCUT2D eigenvalue weighted by atomic mass is 35.5. The van der Waals surface area contributed by atoms with Crippen LogP contribution in [-0.4, -0.2) is 15.5 Å². The Morgan fingerprint density at radius 1 is 1.12 bits per heavy atom. The average Bonchev–Trinajstić information content (AvgIpc) is 2.53.